The highest BCUT2D eigenvalue weighted by Crippen LogP contribution is 2.29. The van der Waals surface area contributed by atoms with Crippen molar-refractivity contribution in [1.29, 1.82) is 5.26 Å². The molecular weight excluding hydrogens is 360 g/mol. The van der Waals surface area contributed by atoms with Crippen LogP contribution in [-0.2, 0) is 0 Å². The Labute approximate surface area is 152 Å². The van der Waals surface area contributed by atoms with Gasteiger partial charge in [-0.3, -0.25) is 10.1 Å². The number of imidazole rings is 1. The number of nitro groups is 1. The van der Waals surface area contributed by atoms with Crippen molar-refractivity contribution < 1.29 is 14.8 Å². The zero-order valence-electron chi connectivity index (χ0n) is 13.1. The molecule has 0 aliphatic rings. The molecular formula is C17H11ClN4O4. The van der Waals surface area contributed by atoms with Crippen molar-refractivity contribution >= 4 is 33.9 Å². The van der Waals surface area contributed by atoms with Crippen molar-refractivity contribution in [2.24, 2.45) is 0 Å². The van der Waals surface area contributed by atoms with E-state index in [9.17, 15) is 20.5 Å². The van der Waals surface area contributed by atoms with Crippen LogP contribution in [0.3, 0.4) is 0 Å². The van der Waals surface area contributed by atoms with E-state index in [1.165, 1.54) is 12.1 Å². The first-order valence-corrected chi connectivity index (χ1v) is 7.71. The van der Waals surface area contributed by atoms with Gasteiger partial charge in [-0.05, 0) is 18.2 Å². The number of nitro benzene ring substituents is 1. The Kier molecular flexibility index (Phi) is 4.73. The number of para-hydroxylation sites is 2. The summed E-state index contributed by atoms with van der Waals surface area (Å²) in [6.07, 6.45) is 0. The molecule has 2 aromatic carbocycles. The average Bonchev–Trinajstić information content (AvgIpc) is 3.04. The van der Waals surface area contributed by atoms with Crippen LogP contribution in [0.2, 0.25) is 5.02 Å². The zero-order valence-corrected chi connectivity index (χ0v) is 13.9. The Bertz CT molecular complexity index is 1040. The van der Waals surface area contributed by atoms with Gasteiger partial charge in [-0.2, -0.15) is 5.26 Å². The fourth-order valence-corrected chi connectivity index (χ4v) is 2.49. The van der Waals surface area contributed by atoms with Crippen LogP contribution in [-0.4, -0.2) is 26.6 Å². The van der Waals surface area contributed by atoms with Crippen LogP contribution < -0.4 is 4.74 Å². The molecule has 26 heavy (non-hydrogen) atoms. The van der Waals surface area contributed by atoms with E-state index < -0.39 is 4.92 Å². The van der Waals surface area contributed by atoms with Crippen LogP contribution in [0.1, 0.15) is 5.82 Å². The van der Waals surface area contributed by atoms with E-state index in [1.807, 2.05) is 18.2 Å². The number of benzene rings is 2. The van der Waals surface area contributed by atoms with Gasteiger partial charge in [0.25, 0.3) is 5.69 Å². The van der Waals surface area contributed by atoms with Crippen LogP contribution in [0.25, 0.3) is 16.6 Å². The minimum Gasteiger partial charge on any atom is -0.507 e. The zero-order chi connectivity index (χ0) is 18.7. The third kappa shape index (κ3) is 3.43. The second-order valence-corrected chi connectivity index (χ2v) is 5.60. The van der Waals surface area contributed by atoms with Crippen LogP contribution >= 0.6 is 11.6 Å². The van der Waals surface area contributed by atoms with Gasteiger partial charge in [-0.25, -0.2) is 4.98 Å². The summed E-state index contributed by atoms with van der Waals surface area (Å²) < 4.78 is 5.36. The summed E-state index contributed by atoms with van der Waals surface area (Å²) in [5, 5.41) is 30.3. The number of H-pyrrole nitrogens is 1. The Hall–Kier alpha value is -3.57. The maximum absolute atomic E-state index is 10.7. The van der Waals surface area contributed by atoms with Gasteiger partial charge in [0.2, 0.25) is 0 Å². The Morgan fingerprint density at radius 3 is 2.81 bits per heavy atom. The first-order chi connectivity index (χ1) is 12.5. The van der Waals surface area contributed by atoms with Crippen LogP contribution in [0.15, 0.2) is 48.2 Å². The molecule has 0 spiro atoms. The number of allylic oxidation sites excluding steroid dienone is 1. The van der Waals surface area contributed by atoms with E-state index in [0.717, 1.165) is 11.6 Å². The standard InChI is InChI=1S/C17H11ClN4O4/c18-12-7-10(22(24)25)5-6-16(12)26-9-15(23)11(8-19)17-20-13-3-1-2-4-14(13)21-17/h1-7,23H,9H2,(H,20,21)/b15-11-. The lowest BCUT2D eigenvalue weighted by molar-refractivity contribution is -0.384. The molecule has 2 N–H and O–H groups in total. The van der Waals surface area contributed by atoms with Crippen molar-refractivity contribution in [3.63, 3.8) is 0 Å². The van der Waals surface area contributed by atoms with Gasteiger partial charge in [0.15, 0.2) is 11.6 Å². The molecule has 0 atom stereocenters. The minimum absolute atomic E-state index is 0.0224. The maximum Gasteiger partial charge on any atom is 0.271 e. The molecule has 0 saturated heterocycles. The third-order valence-corrected chi connectivity index (χ3v) is 3.81. The number of aliphatic hydroxyl groups excluding tert-OH is 1. The highest BCUT2D eigenvalue weighted by atomic mass is 35.5. The van der Waals surface area contributed by atoms with Crippen molar-refractivity contribution in [3.8, 4) is 11.8 Å². The number of hydrogen-bond donors (Lipinski definition) is 2. The molecule has 0 radical (unpaired) electrons. The minimum atomic E-state index is -0.581. The number of hydrogen-bond acceptors (Lipinski definition) is 6. The highest BCUT2D eigenvalue weighted by Gasteiger charge is 2.15. The summed E-state index contributed by atoms with van der Waals surface area (Å²) in [5.74, 6) is 0.0104. The lowest BCUT2D eigenvalue weighted by atomic mass is 10.2. The molecule has 1 aromatic heterocycles. The number of aromatic nitrogens is 2. The molecule has 0 bridgehead atoms. The first kappa shape index (κ1) is 17.3. The number of aromatic amines is 1. The third-order valence-electron chi connectivity index (χ3n) is 3.52. The SMILES string of the molecule is N#C/C(=C(/O)COc1ccc([N+](=O)[O-])cc1Cl)c1nc2ccccc2[nH]1. The normalized spacial score (nSPS) is 11.7. The van der Waals surface area contributed by atoms with E-state index in [1.54, 1.807) is 12.1 Å². The molecule has 1 heterocycles. The fourth-order valence-electron chi connectivity index (χ4n) is 2.26. The molecule has 130 valence electrons. The lowest BCUT2D eigenvalue weighted by Gasteiger charge is -2.08. The molecule has 0 unspecified atom stereocenters. The van der Waals surface area contributed by atoms with Crippen molar-refractivity contribution in [2.75, 3.05) is 6.61 Å². The number of aliphatic hydroxyl groups is 1. The lowest BCUT2D eigenvalue weighted by Crippen LogP contribution is -2.04. The summed E-state index contributed by atoms with van der Waals surface area (Å²) in [4.78, 5) is 17.3. The number of non-ortho nitro benzene ring substituents is 1. The van der Waals surface area contributed by atoms with Crippen molar-refractivity contribution in [1.82, 2.24) is 9.97 Å². The second kappa shape index (κ2) is 7.13. The monoisotopic (exact) mass is 370 g/mol. The summed E-state index contributed by atoms with van der Waals surface area (Å²) in [7, 11) is 0. The number of fused-ring (bicyclic) bond motifs is 1. The molecule has 8 nitrogen and oxygen atoms in total. The molecule has 0 saturated carbocycles. The van der Waals surface area contributed by atoms with Crippen LogP contribution in [0, 0.1) is 21.4 Å². The Morgan fingerprint density at radius 1 is 1.38 bits per heavy atom. The quantitative estimate of drug-likeness (QED) is 0.302. The van der Waals surface area contributed by atoms with Crippen molar-refractivity contribution in [2.45, 2.75) is 0 Å². The van der Waals surface area contributed by atoms with Crippen LogP contribution in [0.5, 0.6) is 5.75 Å². The van der Waals surface area contributed by atoms with E-state index in [0.29, 0.717) is 5.52 Å². The number of rotatable bonds is 5. The fraction of sp³-hybridized carbons (Fsp3) is 0.0588. The second-order valence-electron chi connectivity index (χ2n) is 5.20. The van der Waals surface area contributed by atoms with Gasteiger partial charge in [0.05, 0.1) is 21.0 Å². The predicted molar refractivity (Wildman–Crippen MR) is 94.9 cm³/mol. The van der Waals surface area contributed by atoms with Gasteiger partial charge in [-0.15, -0.1) is 0 Å². The van der Waals surface area contributed by atoms with Gasteiger partial charge in [-0.1, -0.05) is 23.7 Å². The van der Waals surface area contributed by atoms with Gasteiger partial charge in [0.1, 0.15) is 24.0 Å². The number of nitrogens with one attached hydrogen (secondary N) is 1. The Balaban J connectivity index is 1.83. The van der Waals surface area contributed by atoms with E-state index >= 15 is 0 Å². The topological polar surface area (TPSA) is 125 Å². The smallest absolute Gasteiger partial charge is 0.271 e. The summed E-state index contributed by atoms with van der Waals surface area (Å²) in [5.41, 5.74) is 1.13. The molecule has 3 aromatic rings. The summed E-state index contributed by atoms with van der Waals surface area (Å²) in [6, 6.07) is 12.8. The van der Waals surface area contributed by atoms with E-state index in [4.69, 9.17) is 16.3 Å². The van der Waals surface area contributed by atoms with Gasteiger partial charge < -0.3 is 14.8 Å². The van der Waals surface area contributed by atoms with Gasteiger partial charge >= 0.3 is 0 Å². The summed E-state index contributed by atoms with van der Waals surface area (Å²) in [6.45, 7) is -0.350. The number of nitrogens with zero attached hydrogens (tertiary/aromatic N) is 3. The number of halogens is 1. The maximum atomic E-state index is 10.7. The highest BCUT2D eigenvalue weighted by molar-refractivity contribution is 6.32. The average molecular weight is 371 g/mol. The number of ether oxygens (including phenoxy) is 1. The molecule has 0 aliphatic heterocycles. The van der Waals surface area contributed by atoms with E-state index in [2.05, 4.69) is 9.97 Å². The summed E-state index contributed by atoms with van der Waals surface area (Å²) >= 11 is 5.93. The predicted octanol–water partition coefficient (Wildman–Crippen LogP) is 4.00. The first-order valence-electron chi connectivity index (χ1n) is 7.33. The van der Waals surface area contributed by atoms with Crippen LogP contribution in [0.4, 0.5) is 5.69 Å². The molecule has 9 heteroatoms. The Morgan fingerprint density at radius 2 is 2.15 bits per heavy atom. The molecule has 3 rings (SSSR count). The number of nitriles is 1. The molecule has 0 aliphatic carbocycles. The largest absolute Gasteiger partial charge is 0.507 e. The van der Waals surface area contributed by atoms with E-state index in [-0.39, 0.29) is 40.2 Å². The van der Waals surface area contributed by atoms with Gasteiger partial charge in [0, 0.05) is 12.1 Å². The molecule has 0 amide bonds. The van der Waals surface area contributed by atoms with Crippen molar-refractivity contribution in [3.05, 3.63) is 69.2 Å². The molecule has 0 fully saturated rings.